The van der Waals surface area contributed by atoms with Crippen LogP contribution in [0.15, 0.2) is 48.0 Å². The van der Waals surface area contributed by atoms with E-state index in [2.05, 4.69) is 0 Å². The molecule has 6 heteroatoms. The van der Waals surface area contributed by atoms with Crippen LogP contribution in [0.2, 0.25) is 0 Å². The topological polar surface area (TPSA) is 66.8 Å². The van der Waals surface area contributed by atoms with E-state index >= 15 is 0 Å². The van der Waals surface area contributed by atoms with E-state index in [4.69, 9.17) is 4.74 Å². The molecule has 2 aromatic carbocycles. The zero-order valence-corrected chi connectivity index (χ0v) is 17.0. The van der Waals surface area contributed by atoms with Gasteiger partial charge in [-0.05, 0) is 61.2 Å². The Morgan fingerprint density at radius 1 is 1.10 bits per heavy atom. The predicted octanol–water partition coefficient (Wildman–Crippen LogP) is 4.51. The minimum atomic E-state index is -0.706. The third-order valence-corrected chi connectivity index (χ3v) is 6.06. The minimum Gasteiger partial charge on any atom is -0.507 e. The first-order valence-corrected chi connectivity index (χ1v) is 10.1. The normalized spacial score (nSPS) is 21.4. The SMILES string of the molecule is COc1ccc(C2/C(=C(/O)c3ccc(F)c(C)c3)C(=O)C(=O)N2C2CCCC2)cc1. The van der Waals surface area contributed by atoms with E-state index in [0.29, 0.717) is 16.9 Å². The van der Waals surface area contributed by atoms with Gasteiger partial charge >= 0.3 is 0 Å². The molecular formula is C24H24FNO4. The van der Waals surface area contributed by atoms with Gasteiger partial charge in [0.2, 0.25) is 0 Å². The number of amides is 1. The van der Waals surface area contributed by atoms with Crippen LogP contribution in [0, 0.1) is 12.7 Å². The number of benzene rings is 2. The number of halogens is 1. The number of aliphatic hydroxyl groups excluding tert-OH is 1. The van der Waals surface area contributed by atoms with Gasteiger partial charge in [0.25, 0.3) is 11.7 Å². The highest BCUT2D eigenvalue weighted by Gasteiger charge is 2.49. The van der Waals surface area contributed by atoms with Crippen molar-refractivity contribution in [2.24, 2.45) is 0 Å². The van der Waals surface area contributed by atoms with Crippen molar-refractivity contribution in [3.8, 4) is 5.75 Å². The monoisotopic (exact) mass is 409 g/mol. The Balaban J connectivity index is 1.87. The van der Waals surface area contributed by atoms with Gasteiger partial charge < -0.3 is 14.7 Å². The Morgan fingerprint density at radius 2 is 1.77 bits per heavy atom. The number of rotatable bonds is 4. The van der Waals surface area contributed by atoms with Crippen LogP contribution in [-0.4, -0.2) is 34.8 Å². The summed E-state index contributed by atoms with van der Waals surface area (Å²) in [4.78, 5) is 27.7. The van der Waals surface area contributed by atoms with E-state index < -0.39 is 23.5 Å². The van der Waals surface area contributed by atoms with Crippen LogP contribution < -0.4 is 4.74 Å². The van der Waals surface area contributed by atoms with Gasteiger partial charge in [-0.2, -0.15) is 0 Å². The van der Waals surface area contributed by atoms with Crippen molar-refractivity contribution in [3.05, 3.63) is 70.5 Å². The average molecular weight is 409 g/mol. The molecule has 1 atom stereocenters. The van der Waals surface area contributed by atoms with Crippen molar-refractivity contribution in [1.29, 1.82) is 0 Å². The molecule has 30 heavy (non-hydrogen) atoms. The standard InChI is InChI=1S/C24H24FNO4/c1-14-13-16(9-12-19(14)25)22(27)20-21(15-7-10-18(30-2)11-8-15)26(24(29)23(20)28)17-5-3-4-6-17/h7-13,17,21,27H,3-6H2,1-2H3/b22-20-. The van der Waals surface area contributed by atoms with Gasteiger partial charge in [-0.3, -0.25) is 9.59 Å². The first-order valence-electron chi connectivity index (χ1n) is 10.1. The summed E-state index contributed by atoms with van der Waals surface area (Å²) in [5.74, 6) is -1.32. The molecule has 1 unspecified atom stereocenters. The molecule has 0 bridgehead atoms. The number of nitrogens with zero attached hydrogens (tertiary/aromatic N) is 1. The van der Waals surface area contributed by atoms with Gasteiger partial charge in [-0.15, -0.1) is 0 Å². The largest absolute Gasteiger partial charge is 0.507 e. The third-order valence-electron chi connectivity index (χ3n) is 6.06. The number of carbonyl (C=O) groups excluding carboxylic acids is 2. The van der Waals surface area contributed by atoms with Crippen LogP contribution >= 0.6 is 0 Å². The lowest BCUT2D eigenvalue weighted by Gasteiger charge is -2.30. The molecule has 4 rings (SSSR count). The number of ketones is 1. The summed E-state index contributed by atoms with van der Waals surface area (Å²) in [6.07, 6.45) is 3.66. The van der Waals surface area contributed by atoms with Crippen LogP contribution in [0.1, 0.15) is 48.4 Å². The molecule has 0 aromatic heterocycles. The van der Waals surface area contributed by atoms with Crippen LogP contribution in [0.4, 0.5) is 4.39 Å². The molecule has 0 spiro atoms. The first-order chi connectivity index (χ1) is 14.4. The van der Waals surface area contributed by atoms with Gasteiger partial charge in [0, 0.05) is 11.6 Å². The lowest BCUT2D eigenvalue weighted by Crippen LogP contribution is -2.37. The molecule has 5 nitrogen and oxygen atoms in total. The highest BCUT2D eigenvalue weighted by atomic mass is 19.1. The maximum Gasteiger partial charge on any atom is 0.295 e. The number of hydrogen-bond donors (Lipinski definition) is 1. The Kier molecular flexibility index (Phi) is 5.33. The van der Waals surface area contributed by atoms with Crippen LogP contribution in [0.25, 0.3) is 5.76 Å². The number of ether oxygens (including phenoxy) is 1. The summed E-state index contributed by atoms with van der Waals surface area (Å²) >= 11 is 0. The molecule has 1 saturated heterocycles. The zero-order chi connectivity index (χ0) is 21.4. The van der Waals surface area contributed by atoms with Crippen molar-refractivity contribution >= 4 is 17.4 Å². The van der Waals surface area contributed by atoms with Crippen molar-refractivity contribution in [2.45, 2.75) is 44.7 Å². The molecule has 1 amide bonds. The van der Waals surface area contributed by atoms with Crippen molar-refractivity contribution in [2.75, 3.05) is 7.11 Å². The quantitative estimate of drug-likeness (QED) is 0.458. The second kappa shape index (κ2) is 7.94. The molecular weight excluding hydrogens is 385 g/mol. The van der Waals surface area contributed by atoms with E-state index in [-0.39, 0.29) is 17.4 Å². The van der Waals surface area contributed by atoms with Gasteiger partial charge in [0.15, 0.2) is 0 Å². The molecule has 0 radical (unpaired) electrons. The lowest BCUT2D eigenvalue weighted by molar-refractivity contribution is -0.141. The number of likely N-dealkylation sites (tertiary alicyclic amines) is 1. The molecule has 2 aromatic rings. The van der Waals surface area contributed by atoms with Crippen molar-refractivity contribution in [1.82, 2.24) is 4.90 Å². The smallest absolute Gasteiger partial charge is 0.295 e. The zero-order valence-electron chi connectivity index (χ0n) is 17.0. The van der Waals surface area contributed by atoms with Crippen molar-refractivity contribution < 1.29 is 23.8 Å². The Morgan fingerprint density at radius 3 is 2.37 bits per heavy atom. The summed E-state index contributed by atoms with van der Waals surface area (Å²) in [6, 6.07) is 10.6. The predicted molar refractivity (Wildman–Crippen MR) is 111 cm³/mol. The van der Waals surface area contributed by atoms with E-state index in [1.165, 1.54) is 18.2 Å². The van der Waals surface area contributed by atoms with E-state index in [1.54, 1.807) is 43.2 Å². The number of Topliss-reactive ketones (excluding diaryl/α,β-unsaturated/α-hetero) is 1. The Labute approximate surface area is 174 Å². The second-order valence-corrected chi connectivity index (χ2v) is 7.88. The fourth-order valence-electron chi connectivity index (χ4n) is 4.47. The van der Waals surface area contributed by atoms with Crippen LogP contribution in [0.3, 0.4) is 0 Å². The lowest BCUT2D eigenvalue weighted by atomic mass is 9.94. The summed E-state index contributed by atoms with van der Waals surface area (Å²) < 4.78 is 18.9. The average Bonchev–Trinajstić information content (AvgIpc) is 3.36. The molecule has 2 fully saturated rings. The first kappa shape index (κ1) is 20.1. The molecule has 156 valence electrons. The maximum atomic E-state index is 13.7. The van der Waals surface area contributed by atoms with E-state index in [1.807, 2.05) is 0 Å². The van der Waals surface area contributed by atoms with Gasteiger partial charge in [0.1, 0.15) is 17.3 Å². The van der Waals surface area contributed by atoms with E-state index in [9.17, 15) is 19.1 Å². The molecule has 2 aliphatic rings. The second-order valence-electron chi connectivity index (χ2n) is 7.88. The number of aryl methyl sites for hydroxylation is 1. The number of carbonyl (C=O) groups is 2. The van der Waals surface area contributed by atoms with Crippen LogP contribution in [-0.2, 0) is 9.59 Å². The summed E-state index contributed by atoms with van der Waals surface area (Å²) in [6.45, 7) is 1.59. The number of methoxy groups -OCH3 is 1. The van der Waals surface area contributed by atoms with Gasteiger partial charge in [-0.1, -0.05) is 25.0 Å². The maximum absolute atomic E-state index is 13.7. The van der Waals surface area contributed by atoms with Gasteiger partial charge in [-0.25, -0.2) is 4.39 Å². The molecule has 1 N–H and O–H groups in total. The van der Waals surface area contributed by atoms with Gasteiger partial charge in [0.05, 0.1) is 18.7 Å². The summed E-state index contributed by atoms with van der Waals surface area (Å²) in [7, 11) is 1.57. The minimum absolute atomic E-state index is 0.0445. The van der Waals surface area contributed by atoms with Crippen LogP contribution in [0.5, 0.6) is 5.75 Å². The molecule has 1 aliphatic heterocycles. The molecule has 1 aliphatic carbocycles. The fourth-order valence-corrected chi connectivity index (χ4v) is 4.47. The summed E-state index contributed by atoms with van der Waals surface area (Å²) in [5, 5.41) is 11.0. The number of hydrogen-bond acceptors (Lipinski definition) is 4. The summed E-state index contributed by atoms with van der Waals surface area (Å²) in [5.41, 5.74) is 1.44. The highest BCUT2D eigenvalue weighted by Crippen LogP contribution is 2.43. The van der Waals surface area contributed by atoms with E-state index in [0.717, 1.165) is 31.2 Å². The highest BCUT2D eigenvalue weighted by molar-refractivity contribution is 6.46. The Bertz CT molecular complexity index is 1020. The fraction of sp³-hybridized carbons (Fsp3) is 0.333. The molecule has 1 saturated carbocycles. The van der Waals surface area contributed by atoms with Crippen molar-refractivity contribution in [3.63, 3.8) is 0 Å². The Hall–Kier alpha value is -3.15. The number of aliphatic hydroxyl groups is 1. The third kappa shape index (κ3) is 3.36. The molecule has 1 heterocycles.